The van der Waals surface area contributed by atoms with E-state index in [1.807, 2.05) is 0 Å². The van der Waals surface area contributed by atoms with Crippen LogP contribution in [0.25, 0.3) is 0 Å². The second kappa shape index (κ2) is 5.51. The molecule has 17 heavy (non-hydrogen) atoms. The molecule has 0 atom stereocenters. The van der Waals surface area contributed by atoms with Crippen LogP contribution >= 0.6 is 0 Å². The first kappa shape index (κ1) is 12.4. The lowest BCUT2D eigenvalue weighted by Gasteiger charge is -2.34. The number of hydrogen-bond acceptors (Lipinski definition) is 5. The number of oxazole rings is 1. The zero-order valence-corrected chi connectivity index (χ0v) is 10.7. The normalized spacial score (nSPS) is 18.0. The SMILES string of the molecule is CC(C)CN1CCN(c2nc(CN)co2)CC1. The van der Waals surface area contributed by atoms with Crippen LogP contribution in [0.2, 0.25) is 0 Å². The highest BCUT2D eigenvalue weighted by Crippen LogP contribution is 2.16. The topological polar surface area (TPSA) is 58.5 Å². The van der Waals surface area contributed by atoms with Gasteiger partial charge in [0.25, 0.3) is 6.01 Å². The van der Waals surface area contributed by atoms with Crippen molar-refractivity contribution in [1.82, 2.24) is 9.88 Å². The van der Waals surface area contributed by atoms with Gasteiger partial charge in [-0.05, 0) is 5.92 Å². The highest BCUT2D eigenvalue weighted by Gasteiger charge is 2.20. The lowest BCUT2D eigenvalue weighted by atomic mass is 10.2. The minimum atomic E-state index is 0.441. The van der Waals surface area contributed by atoms with Gasteiger partial charge in [-0.2, -0.15) is 4.98 Å². The van der Waals surface area contributed by atoms with Crippen molar-refractivity contribution in [2.24, 2.45) is 11.7 Å². The van der Waals surface area contributed by atoms with Crippen LogP contribution in [-0.4, -0.2) is 42.6 Å². The van der Waals surface area contributed by atoms with Gasteiger partial charge in [0.2, 0.25) is 0 Å². The van der Waals surface area contributed by atoms with E-state index in [0.717, 1.165) is 43.8 Å². The molecule has 2 N–H and O–H groups in total. The van der Waals surface area contributed by atoms with Crippen molar-refractivity contribution in [1.29, 1.82) is 0 Å². The van der Waals surface area contributed by atoms with E-state index in [2.05, 4.69) is 28.6 Å². The maximum atomic E-state index is 5.52. The molecule has 0 aromatic carbocycles. The van der Waals surface area contributed by atoms with Crippen molar-refractivity contribution in [3.8, 4) is 0 Å². The standard InChI is InChI=1S/C12H22N4O/c1-10(2)8-15-3-5-16(6-4-15)12-14-11(7-13)9-17-12/h9-10H,3-8,13H2,1-2H3. The van der Waals surface area contributed by atoms with Crippen molar-refractivity contribution in [2.75, 3.05) is 37.6 Å². The molecule has 0 aliphatic carbocycles. The Balaban J connectivity index is 1.86. The van der Waals surface area contributed by atoms with Gasteiger partial charge in [0.05, 0.1) is 5.69 Å². The summed E-state index contributed by atoms with van der Waals surface area (Å²) in [7, 11) is 0. The molecule has 0 unspecified atom stereocenters. The molecule has 1 fully saturated rings. The van der Waals surface area contributed by atoms with Crippen LogP contribution in [0, 0.1) is 5.92 Å². The molecule has 96 valence electrons. The third-order valence-electron chi connectivity index (χ3n) is 3.01. The van der Waals surface area contributed by atoms with E-state index >= 15 is 0 Å². The summed E-state index contributed by atoms with van der Waals surface area (Å²) < 4.78 is 5.43. The second-order valence-electron chi connectivity index (χ2n) is 5.01. The molecule has 0 saturated carbocycles. The van der Waals surface area contributed by atoms with Gasteiger partial charge in [0.1, 0.15) is 6.26 Å². The Bertz CT molecular complexity index is 342. The number of nitrogens with zero attached hydrogens (tertiary/aromatic N) is 3. The van der Waals surface area contributed by atoms with Crippen LogP contribution < -0.4 is 10.6 Å². The zero-order chi connectivity index (χ0) is 12.3. The third kappa shape index (κ3) is 3.20. The fraction of sp³-hybridized carbons (Fsp3) is 0.750. The molecule has 0 amide bonds. The fourth-order valence-electron chi connectivity index (χ4n) is 2.17. The largest absolute Gasteiger partial charge is 0.432 e. The molecule has 1 aliphatic heterocycles. The average molecular weight is 238 g/mol. The van der Waals surface area contributed by atoms with Crippen molar-refractivity contribution in [3.05, 3.63) is 12.0 Å². The van der Waals surface area contributed by atoms with E-state index in [1.165, 1.54) is 6.54 Å². The summed E-state index contributed by atoms with van der Waals surface area (Å²) in [6.45, 7) is 10.3. The Morgan fingerprint density at radius 1 is 1.35 bits per heavy atom. The molecular formula is C12H22N4O. The van der Waals surface area contributed by atoms with Gasteiger partial charge in [-0.15, -0.1) is 0 Å². The Morgan fingerprint density at radius 2 is 2.06 bits per heavy atom. The highest BCUT2D eigenvalue weighted by atomic mass is 16.4. The first-order chi connectivity index (χ1) is 8.19. The van der Waals surface area contributed by atoms with Crippen LogP contribution in [0.1, 0.15) is 19.5 Å². The minimum absolute atomic E-state index is 0.441. The fourth-order valence-corrected chi connectivity index (χ4v) is 2.17. The predicted octanol–water partition coefficient (Wildman–Crippen LogP) is 0.911. The lowest BCUT2D eigenvalue weighted by Crippen LogP contribution is -2.47. The van der Waals surface area contributed by atoms with Gasteiger partial charge in [0, 0.05) is 39.3 Å². The molecule has 0 bridgehead atoms. The zero-order valence-electron chi connectivity index (χ0n) is 10.7. The van der Waals surface area contributed by atoms with Crippen LogP contribution in [-0.2, 0) is 6.54 Å². The Kier molecular flexibility index (Phi) is 4.02. The molecule has 1 aromatic heterocycles. The van der Waals surface area contributed by atoms with Crippen LogP contribution in [0.5, 0.6) is 0 Å². The highest BCUT2D eigenvalue weighted by molar-refractivity contribution is 5.27. The third-order valence-corrected chi connectivity index (χ3v) is 3.01. The summed E-state index contributed by atoms with van der Waals surface area (Å²) >= 11 is 0. The van der Waals surface area contributed by atoms with Gasteiger partial charge in [-0.25, -0.2) is 0 Å². The molecule has 2 heterocycles. The summed E-state index contributed by atoms with van der Waals surface area (Å²) in [5, 5.41) is 0. The summed E-state index contributed by atoms with van der Waals surface area (Å²) in [6, 6.07) is 0.717. The van der Waals surface area contributed by atoms with Gasteiger partial charge in [-0.1, -0.05) is 13.8 Å². The molecule has 5 heteroatoms. The van der Waals surface area contributed by atoms with Crippen LogP contribution in [0.4, 0.5) is 6.01 Å². The average Bonchev–Trinajstić information content (AvgIpc) is 2.78. The molecule has 5 nitrogen and oxygen atoms in total. The van der Waals surface area contributed by atoms with Crippen molar-refractivity contribution in [2.45, 2.75) is 20.4 Å². The number of hydrogen-bond donors (Lipinski definition) is 1. The molecule has 0 spiro atoms. The summed E-state index contributed by atoms with van der Waals surface area (Å²) in [6.07, 6.45) is 1.65. The van der Waals surface area contributed by atoms with E-state index in [9.17, 15) is 0 Å². The van der Waals surface area contributed by atoms with Gasteiger partial charge < -0.3 is 15.1 Å². The van der Waals surface area contributed by atoms with Gasteiger partial charge >= 0.3 is 0 Å². The number of piperazine rings is 1. The van der Waals surface area contributed by atoms with Gasteiger partial charge in [-0.3, -0.25) is 4.90 Å². The number of rotatable bonds is 4. The minimum Gasteiger partial charge on any atom is -0.432 e. The van der Waals surface area contributed by atoms with Crippen molar-refractivity contribution in [3.63, 3.8) is 0 Å². The summed E-state index contributed by atoms with van der Waals surface area (Å²) in [5.41, 5.74) is 6.34. The monoisotopic (exact) mass is 238 g/mol. The molecule has 2 rings (SSSR count). The Hall–Kier alpha value is -1.07. The maximum Gasteiger partial charge on any atom is 0.297 e. The molecule has 1 aliphatic rings. The molecular weight excluding hydrogens is 216 g/mol. The first-order valence-corrected chi connectivity index (χ1v) is 6.31. The van der Waals surface area contributed by atoms with Gasteiger partial charge in [0.15, 0.2) is 0 Å². The van der Waals surface area contributed by atoms with Crippen LogP contribution in [0.3, 0.4) is 0 Å². The Labute approximate surface area is 103 Å². The van der Waals surface area contributed by atoms with E-state index in [4.69, 9.17) is 10.2 Å². The number of aromatic nitrogens is 1. The number of anilines is 1. The molecule has 0 radical (unpaired) electrons. The van der Waals surface area contributed by atoms with E-state index in [1.54, 1.807) is 6.26 Å². The lowest BCUT2D eigenvalue weighted by molar-refractivity contribution is 0.227. The van der Waals surface area contributed by atoms with Crippen molar-refractivity contribution >= 4 is 6.01 Å². The summed E-state index contributed by atoms with van der Waals surface area (Å²) in [4.78, 5) is 9.04. The van der Waals surface area contributed by atoms with E-state index in [0.29, 0.717) is 6.54 Å². The van der Waals surface area contributed by atoms with E-state index in [-0.39, 0.29) is 0 Å². The first-order valence-electron chi connectivity index (χ1n) is 6.31. The summed E-state index contributed by atoms with van der Waals surface area (Å²) in [5.74, 6) is 0.729. The van der Waals surface area contributed by atoms with Crippen molar-refractivity contribution < 1.29 is 4.42 Å². The predicted molar refractivity (Wildman–Crippen MR) is 67.9 cm³/mol. The maximum absolute atomic E-state index is 5.52. The quantitative estimate of drug-likeness (QED) is 0.845. The van der Waals surface area contributed by atoms with Crippen LogP contribution in [0.15, 0.2) is 10.7 Å². The molecule has 1 aromatic rings. The Morgan fingerprint density at radius 3 is 2.59 bits per heavy atom. The number of nitrogens with two attached hydrogens (primary N) is 1. The second-order valence-corrected chi connectivity index (χ2v) is 5.01. The molecule has 1 saturated heterocycles. The smallest absolute Gasteiger partial charge is 0.297 e. The van der Waals surface area contributed by atoms with E-state index < -0.39 is 0 Å².